The molecule has 3 nitrogen and oxygen atoms in total. The zero-order chi connectivity index (χ0) is 15.6. The van der Waals surface area contributed by atoms with Crippen molar-refractivity contribution in [3.63, 3.8) is 0 Å². The maximum atomic E-state index is 12.1. The monoisotopic (exact) mass is 348 g/mol. The van der Waals surface area contributed by atoms with Gasteiger partial charge in [-0.2, -0.15) is 0 Å². The molecule has 0 aliphatic rings. The van der Waals surface area contributed by atoms with Crippen LogP contribution in [0, 0.1) is 5.41 Å². The van der Waals surface area contributed by atoms with E-state index in [0.717, 1.165) is 20.9 Å². The molecule has 0 heterocycles. The minimum atomic E-state index is -0.158. The molecular weight excluding hydrogens is 328 g/mol. The SMILES string of the molecule is CC(C)(C)C(N)CC(=O)Nc1ccc2cc(Br)ccc2c1. The topological polar surface area (TPSA) is 55.1 Å². The van der Waals surface area contributed by atoms with E-state index in [9.17, 15) is 4.79 Å². The number of amides is 1. The number of fused-ring (bicyclic) bond motifs is 1. The minimum Gasteiger partial charge on any atom is -0.327 e. The molecule has 0 radical (unpaired) electrons. The molecule has 2 aromatic carbocycles. The largest absolute Gasteiger partial charge is 0.327 e. The van der Waals surface area contributed by atoms with Crippen LogP contribution in [0.25, 0.3) is 10.8 Å². The van der Waals surface area contributed by atoms with Crippen LogP contribution in [0.3, 0.4) is 0 Å². The zero-order valence-electron chi connectivity index (χ0n) is 12.6. The molecule has 0 bridgehead atoms. The van der Waals surface area contributed by atoms with Gasteiger partial charge in [-0.1, -0.05) is 48.8 Å². The average molecular weight is 349 g/mol. The molecule has 1 atom stereocenters. The van der Waals surface area contributed by atoms with Crippen LogP contribution in [-0.4, -0.2) is 11.9 Å². The molecule has 0 aromatic heterocycles. The van der Waals surface area contributed by atoms with Crippen LogP contribution in [0.15, 0.2) is 40.9 Å². The first-order chi connectivity index (χ1) is 9.75. The molecule has 1 amide bonds. The molecule has 0 aliphatic heterocycles. The predicted octanol–water partition coefficient (Wildman–Crippen LogP) is 4.30. The van der Waals surface area contributed by atoms with Crippen molar-refractivity contribution in [2.24, 2.45) is 11.1 Å². The van der Waals surface area contributed by atoms with E-state index < -0.39 is 0 Å². The third kappa shape index (κ3) is 4.29. The molecule has 21 heavy (non-hydrogen) atoms. The van der Waals surface area contributed by atoms with E-state index in [0.29, 0.717) is 6.42 Å². The van der Waals surface area contributed by atoms with Crippen LogP contribution in [0.5, 0.6) is 0 Å². The van der Waals surface area contributed by atoms with Crippen LogP contribution in [0.1, 0.15) is 27.2 Å². The molecular formula is C17H21BrN2O. The Hall–Kier alpha value is -1.39. The highest BCUT2D eigenvalue weighted by atomic mass is 79.9. The molecule has 0 spiro atoms. The summed E-state index contributed by atoms with van der Waals surface area (Å²) in [5, 5.41) is 5.15. The molecule has 0 saturated carbocycles. The van der Waals surface area contributed by atoms with E-state index in [2.05, 4.69) is 27.3 Å². The van der Waals surface area contributed by atoms with Crippen molar-refractivity contribution in [1.82, 2.24) is 0 Å². The van der Waals surface area contributed by atoms with Gasteiger partial charge in [0.2, 0.25) is 5.91 Å². The Balaban J connectivity index is 2.09. The average Bonchev–Trinajstić information content (AvgIpc) is 2.37. The van der Waals surface area contributed by atoms with Gasteiger partial charge in [0.15, 0.2) is 0 Å². The highest BCUT2D eigenvalue weighted by molar-refractivity contribution is 9.10. The molecule has 0 fully saturated rings. The molecule has 2 rings (SSSR count). The maximum absolute atomic E-state index is 12.1. The van der Waals surface area contributed by atoms with E-state index in [4.69, 9.17) is 5.73 Å². The Morgan fingerprint density at radius 3 is 2.48 bits per heavy atom. The Bertz CT molecular complexity index is 661. The van der Waals surface area contributed by atoms with E-state index in [1.54, 1.807) is 0 Å². The van der Waals surface area contributed by atoms with Crippen molar-refractivity contribution in [3.05, 3.63) is 40.9 Å². The number of anilines is 1. The summed E-state index contributed by atoms with van der Waals surface area (Å²) in [6.45, 7) is 6.12. The fourth-order valence-electron chi connectivity index (χ4n) is 2.01. The number of carbonyl (C=O) groups is 1. The van der Waals surface area contributed by atoms with Crippen LogP contribution in [0.2, 0.25) is 0 Å². The Kier molecular flexibility index (Phi) is 4.69. The van der Waals surface area contributed by atoms with Crippen molar-refractivity contribution in [3.8, 4) is 0 Å². The number of nitrogens with one attached hydrogen (secondary N) is 1. The van der Waals surface area contributed by atoms with Gasteiger partial charge < -0.3 is 11.1 Å². The van der Waals surface area contributed by atoms with Crippen molar-refractivity contribution in [2.75, 3.05) is 5.32 Å². The Morgan fingerprint density at radius 2 is 1.81 bits per heavy atom. The summed E-state index contributed by atoms with van der Waals surface area (Å²) < 4.78 is 1.04. The quantitative estimate of drug-likeness (QED) is 0.868. The fourth-order valence-corrected chi connectivity index (χ4v) is 2.39. The number of hydrogen-bond donors (Lipinski definition) is 2. The molecule has 0 saturated heterocycles. The number of carbonyl (C=O) groups excluding carboxylic acids is 1. The zero-order valence-corrected chi connectivity index (χ0v) is 14.2. The van der Waals surface area contributed by atoms with E-state index in [1.807, 2.05) is 51.1 Å². The summed E-state index contributed by atoms with van der Waals surface area (Å²) in [6.07, 6.45) is 0.321. The van der Waals surface area contributed by atoms with Gasteiger partial charge in [-0.15, -0.1) is 0 Å². The molecule has 4 heteroatoms. The van der Waals surface area contributed by atoms with Gasteiger partial charge >= 0.3 is 0 Å². The first-order valence-corrected chi connectivity index (χ1v) is 7.80. The lowest BCUT2D eigenvalue weighted by atomic mass is 9.85. The number of benzene rings is 2. The summed E-state index contributed by atoms with van der Waals surface area (Å²) >= 11 is 3.45. The maximum Gasteiger partial charge on any atom is 0.225 e. The van der Waals surface area contributed by atoms with Gasteiger partial charge in [0.25, 0.3) is 0 Å². The molecule has 2 aromatic rings. The normalized spacial score (nSPS) is 13.2. The van der Waals surface area contributed by atoms with Crippen molar-refractivity contribution in [2.45, 2.75) is 33.2 Å². The second-order valence-corrected chi connectivity index (χ2v) is 7.35. The highest BCUT2D eigenvalue weighted by Gasteiger charge is 2.23. The van der Waals surface area contributed by atoms with Crippen molar-refractivity contribution in [1.29, 1.82) is 0 Å². The minimum absolute atomic E-state index is 0.0473. The third-order valence-electron chi connectivity index (χ3n) is 3.60. The van der Waals surface area contributed by atoms with Crippen LogP contribution < -0.4 is 11.1 Å². The summed E-state index contributed by atoms with van der Waals surface area (Å²) in [6, 6.07) is 11.8. The first-order valence-electron chi connectivity index (χ1n) is 7.00. The van der Waals surface area contributed by atoms with Gasteiger partial charge in [-0.25, -0.2) is 0 Å². The standard InChI is InChI=1S/C17H21BrN2O/c1-17(2,3)15(19)10-16(21)20-14-7-5-11-8-13(18)6-4-12(11)9-14/h4-9,15H,10,19H2,1-3H3,(H,20,21). The van der Waals surface area contributed by atoms with Crippen molar-refractivity contribution >= 4 is 38.3 Å². The van der Waals surface area contributed by atoms with Gasteiger partial charge in [0.1, 0.15) is 0 Å². The van der Waals surface area contributed by atoms with Gasteiger partial charge in [-0.05, 0) is 40.5 Å². The lowest BCUT2D eigenvalue weighted by molar-refractivity contribution is -0.117. The van der Waals surface area contributed by atoms with Crippen LogP contribution in [0.4, 0.5) is 5.69 Å². The first kappa shape index (κ1) is 16.0. The summed E-state index contributed by atoms with van der Waals surface area (Å²) in [4.78, 5) is 12.1. The molecule has 1 unspecified atom stereocenters. The Morgan fingerprint density at radius 1 is 1.19 bits per heavy atom. The highest BCUT2D eigenvalue weighted by Crippen LogP contribution is 2.24. The van der Waals surface area contributed by atoms with E-state index >= 15 is 0 Å². The van der Waals surface area contributed by atoms with Crippen LogP contribution >= 0.6 is 15.9 Å². The fraction of sp³-hybridized carbons (Fsp3) is 0.353. The van der Waals surface area contributed by atoms with Gasteiger partial charge in [-0.3, -0.25) is 4.79 Å². The smallest absolute Gasteiger partial charge is 0.225 e. The number of halogens is 1. The van der Waals surface area contributed by atoms with E-state index in [1.165, 1.54) is 0 Å². The second-order valence-electron chi connectivity index (χ2n) is 6.43. The number of rotatable bonds is 3. The second kappa shape index (κ2) is 6.16. The number of nitrogens with two attached hydrogens (primary N) is 1. The lowest BCUT2D eigenvalue weighted by Crippen LogP contribution is -2.38. The van der Waals surface area contributed by atoms with E-state index in [-0.39, 0.29) is 17.4 Å². The molecule has 0 aliphatic carbocycles. The summed E-state index contributed by atoms with van der Waals surface area (Å²) in [5.74, 6) is -0.0473. The van der Waals surface area contributed by atoms with Crippen molar-refractivity contribution < 1.29 is 4.79 Å². The third-order valence-corrected chi connectivity index (χ3v) is 4.10. The molecule has 112 valence electrons. The predicted molar refractivity (Wildman–Crippen MR) is 92.3 cm³/mol. The van der Waals surface area contributed by atoms with Crippen LogP contribution in [-0.2, 0) is 4.79 Å². The molecule has 3 N–H and O–H groups in total. The lowest BCUT2D eigenvalue weighted by Gasteiger charge is -2.26. The van der Waals surface area contributed by atoms with Gasteiger partial charge in [0, 0.05) is 22.6 Å². The summed E-state index contributed by atoms with van der Waals surface area (Å²) in [5.41, 5.74) is 6.77. The number of hydrogen-bond acceptors (Lipinski definition) is 2. The summed E-state index contributed by atoms with van der Waals surface area (Å²) in [7, 11) is 0. The Labute approximate surface area is 134 Å². The van der Waals surface area contributed by atoms with Gasteiger partial charge in [0.05, 0.1) is 0 Å².